The molecule has 3 heteroatoms. The number of hydrogen-bond donors (Lipinski definition) is 1. The molecule has 1 heterocycles. The van der Waals surface area contributed by atoms with Crippen LogP contribution in [0.1, 0.15) is 12.8 Å². The number of nitrogens with two attached hydrogens (primary N) is 1. The van der Waals surface area contributed by atoms with Crippen molar-refractivity contribution >= 4 is 22.6 Å². The normalized spacial score (nSPS) is 30.7. The number of halogens is 1. The summed E-state index contributed by atoms with van der Waals surface area (Å²) in [5.74, 6) is 0. The van der Waals surface area contributed by atoms with E-state index in [4.69, 9.17) is 5.73 Å². The Balaban J connectivity index is 2.23. The van der Waals surface area contributed by atoms with Crippen LogP contribution in [0.3, 0.4) is 0 Å². The molecule has 0 unspecified atom stereocenters. The van der Waals surface area contributed by atoms with Crippen LogP contribution >= 0.6 is 22.6 Å². The van der Waals surface area contributed by atoms with Crippen molar-refractivity contribution in [3.05, 3.63) is 0 Å². The van der Waals surface area contributed by atoms with Crippen LogP contribution in [0.25, 0.3) is 0 Å². The summed E-state index contributed by atoms with van der Waals surface area (Å²) in [6.45, 7) is 2.35. The second kappa shape index (κ2) is 3.73. The standard InChI is InChI=1S/C6H13IN2/c7-5-9-3-1-2-6(8)4-9/h6H,1-5,8H2/t6-/m0/s1. The Hall–Kier alpha value is 0.650. The Morgan fingerprint density at radius 3 is 2.89 bits per heavy atom. The summed E-state index contributed by atoms with van der Waals surface area (Å²) in [6.07, 6.45) is 2.50. The predicted octanol–water partition coefficient (Wildman–Crippen LogP) is 0.802. The zero-order valence-electron chi connectivity index (χ0n) is 5.52. The van der Waals surface area contributed by atoms with Crippen LogP contribution in [0.4, 0.5) is 0 Å². The highest BCUT2D eigenvalue weighted by Crippen LogP contribution is 2.08. The Bertz CT molecular complexity index is 87.1. The summed E-state index contributed by atoms with van der Waals surface area (Å²) in [6, 6.07) is 0.438. The molecule has 0 aliphatic carbocycles. The highest BCUT2D eigenvalue weighted by Gasteiger charge is 2.14. The third-order valence-corrected chi connectivity index (χ3v) is 2.68. The van der Waals surface area contributed by atoms with E-state index in [9.17, 15) is 0 Å². The number of likely N-dealkylation sites (tertiary alicyclic amines) is 1. The molecule has 54 valence electrons. The van der Waals surface area contributed by atoms with Crippen LogP contribution in [0, 0.1) is 0 Å². The SMILES string of the molecule is N[C@H]1CCCN(CI)C1. The molecule has 9 heavy (non-hydrogen) atoms. The van der Waals surface area contributed by atoms with Gasteiger partial charge in [0, 0.05) is 12.6 Å². The predicted molar refractivity (Wildman–Crippen MR) is 47.7 cm³/mol. The number of hydrogen-bond acceptors (Lipinski definition) is 2. The van der Waals surface area contributed by atoms with Gasteiger partial charge in [-0.2, -0.15) is 0 Å². The molecule has 0 spiro atoms. The fraction of sp³-hybridized carbons (Fsp3) is 1.00. The summed E-state index contributed by atoms with van der Waals surface area (Å²) >= 11 is 2.39. The van der Waals surface area contributed by atoms with E-state index in [1.54, 1.807) is 0 Å². The Labute approximate surface area is 69.9 Å². The topological polar surface area (TPSA) is 29.3 Å². The zero-order chi connectivity index (χ0) is 6.69. The fourth-order valence-corrected chi connectivity index (χ4v) is 1.82. The molecule has 0 saturated carbocycles. The van der Waals surface area contributed by atoms with Crippen molar-refractivity contribution in [3.63, 3.8) is 0 Å². The van der Waals surface area contributed by atoms with Gasteiger partial charge in [-0.15, -0.1) is 0 Å². The molecule has 1 atom stereocenters. The van der Waals surface area contributed by atoms with E-state index in [1.807, 2.05) is 0 Å². The van der Waals surface area contributed by atoms with Crippen molar-refractivity contribution in [3.8, 4) is 0 Å². The first-order chi connectivity index (χ1) is 4.33. The Morgan fingerprint density at radius 2 is 2.44 bits per heavy atom. The average Bonchev–Trinajstić information content (AvgIpc) is 1.88. The van der Waals surface area contributed by atoms with Crippen molar-refractivity contribution < 1.29 is 0 Å². The summed E-state index contributed by atoms with van der Waals surface area (Å²) in [5, 5.41) is 0. The molecule has 2 nitrogen and oxygen atoms in total. The third kappa shape index (κ3) is 2.39. The fourth-order valence-electron chi connectivity index (χ4n) is 1.20. The largest absolute Gasteiger partial charge is 0.327 e. The maximum Gasteiger partial charge on any atom is 0.0506 e. The molecule has 0 amide bonds. The van der Waals surface area contributed by atoms with Crippen LogP contribution < -0.4 is 5.73 Å². The third-order valence-electron chi connectivity index (χ3n) is 1.71. The van der Waals surface area contributed by atoms with E-state index in [2.05, 4.69) is 27.5 Å². The lowest BCUT2D eigenvalue weighted by Gasteiger charge is -2.28. The molecular weight excluding hydrogens is 227 g/mol. The second-order valence-corrected chi connectivity index (χ2v) is 3.28. The number of rotatable bonds is 1. The van der Waals surface area contributed by atoms with Gasteiger partial charge in [0.25, 0.3) is 0 Å². The lowest BCUT2D eigenvalue weighted by atomic mass is 10.1. The van der Waals surface area contributed by atoms with Crippen LogP contribution in [0.15, 0.2) is 0 Å². The molecule has 1 aliphatic heterocycles. The maximum atomic E-state index is 5.76. The molecule has 1 aliphatic rings. The van der Waals surface area contributed by atoms with Gasteiger partial charge in [0.2, 0.25) is 0 Å². The van der Waals surface area contributed by atoms with Crippen molar-refractivity contribution in [2.75, 3.05) is 17.6 Å². The Kier molecular flexibility index (Phi) is 3.21. The molecule has 1 saturated heterocycles. The monoisotopic (exact) mass is 240 g/mol. The minimum absolute atomic E-state index is 0.438. The average molecular weight is 240 g/mol. The van der Waals surface area contributed by atoms with Gasteiger partial charge in [-0.3, -0.25) is 4.90 Å². The highest BCUT2D eigenvalue weighted by atomic mass is 127. The molecule has 0 aromatic heterocycles. The molecular formula is C6H13IN2. The van der Waals surface area contributed by atoms with E-state index in [0.29, 0.717) is 6.04 Å². The van der Waals surface area contributed by atoms with Gasteiger partial charge in [-0.05, 0) is 19.4 Å². The van der Waals surface area contributed by atoms with Gasteiger partial charge in [0.05, 0.1) is 4.55 Å². The van der Waals surface area contributed by atoms with Gasteiger partial charge in [0.1, 0.15) is 0 Å². The quantitative estimate of drug-likeness (QED) is 0.417. The summed E-state index contributed by atoms with van der Waals surface area (Å²) in [7, 11) is 0. The maximum absolute atomic E-state index is 5.76. The van der Waals surface area contributed by atoms with E-state index < -0.39 is 0 Å². The van der Waals surface area contributed by atoms with Crippen LogP contribution in [-0.2, 0) is 0 Å². The number of alkyl halides is 1. The van der Waals surface area contributed by atoms with Crippen LogP contribution in [-0.4, -0.2) is 28.6 Å². The van der Waals surface area contributed by atoms with Crippen molar-refractivity contribution in [2.45, 2.75) is 18.9 Å². The zero-order valence-corrected chi connectivity index (χ0v) is 7.67. The minimum atomic E-state index is 0.438. The molecule has 1 fully saturated rings. The van der Waals surface area contributed by atoms with Gasteiger partial charge in [0.15, 0.2) is 0 Å². The van der Waals surface area contributed by atoms with Gasteiger partial charge in [-0.25, -0.2) is 0 Å². The summed E-state index contributed by atoms with van der Waals surface area (Å²) < 4.78 is 1.13. The summed E-state index contributed by atoms with van der Waals surface area (Å²) in [5.41, 5.74) is 5.76. The van der Waals surface area contributed by atoms with Gasteiger partial charge < -0.3 is 5.73 Å². The van der Waals surface area contributed by atoms with Crippen molar-refractivity contribution in [1.82, 2.24) is 4.90 Å². The minimum Gasteiger partial charge on any atom is -0.327 e. The van der Waals surface area contributed by atoms with E-state index in [-0.39, 0.29) is 0 Å². The summed E-state index contributed by atoms with van der Waals surface area (Å²) in [4.78, 5) is 2.40. The van der Waals surface area contributed by atoms with E-state index in [1.165, 1.54) is 19.4 Å². The van der Waals surface area contributed by atoms with Crippen molar-refractivity contribution in [1.29, 1.82) is 0 Å². The second-order valence-electron chi connectivity index (χ2n) is 2.60. The first kappa shape index (κ1) is 7.75. The number of piperidine rings is 1. The molecule has 0 radical (unpaired) electrons. The van der Waals surface area contributed by atoms with Crippen LogP contribution in [0.5, 0.6) is 0 Å². The molecule has 2 N–H and O–H groups in total. The first-order valence-electron chi connectivity index (χ1n) is 3.37. The van der Waals surface area contributed by atoms with Crippen LogP contribution in [0.2, 0.25) is 0 Å². The van der Waals surface area contributed by atoms with E-state index >= 15 is 0 Å². The van der Waals surface area contributed by atoms with E-state index in [0.717, 1.165) is 11.1 Å². The lowest BCUT2D eigenvalue weighted by molar-refractivity contribution is 0.247. The molecule has 0 aromatic carbocycles. The molecule has 0 bridgehead atoms. The first-order valence-corrected chi connectivity index (χ1v) is 4.89. The molecule has 1 rings (SSSR count). The highest BCUT2D eigenvalue weighted by molar-refractivity contribution is 14.1. The van der Waals surface area contributed by atoms with Gasteiger partial charge in [-0.1, -0.05) is 22.6 Å². The molecule has 0 aromatic rings. The lowest BCUT2D eigenvalue weighted by Crippen LogP contribution is -2.41. The van der Waals surface area contributed by atoms with Crippen molar-refractivity contribution in [2.24, 2.45) is 5.73 Å². The Morgan fingerprint density at radius 1 is 1.67 bits per heavy atom. The van der Waals surface area contributed by atoms with Gasteiger partial charge >= 0.3 is 0 Å². The number of nitrogens with zero attached hydrogens (tertiary/aromatic N) is 1. The smallest absolute Gasteiger partial charge is 0.0506 e.